The Kier molecular flexibility index (Phi) is 4.59. The van der Waals surface area contributed by atoms with E-state index in [1.165, 1.54) is 6.42 Å². The molecule has 2 rings (SSSR count). The molecule has 0 aromatic rings. The van der Waals surface area contributed by atoms with Crippen LogP contribution in [0.2, 0.25) is 0 Å². The smallest absolute Gasteiger partial charge is 0.308 e. The first-order chi connectivity index (χ1) is 8.65. The molecule has 1 N–H and O–H groups in total. The second kappa shape index (κ2) is 5.99. The van der Waals surface area contributed by atoms with E-state index in [4.69, 9.17) is 14.2 Å². The van der Waals surface area contributed by atoms with Crippen LogP contribution in [0.1, 0.15) is 45.4 Å². The molecule has 18 heavy (non-hydrogen) atoms. The van der Waals surface area contributed by atoms with Crippen LogP contribution in [0.3, 0.4) is 0 Å². The first-order valence-electron chi connectivity index (χ1n) is 6.81. The second-order valence-corrected chi connectivity index (χ2v) is 5.02. The molecular formula is C13H22O5. The third-order valence-electron chi connectivity index (χ3n) is 3.60. The van der Waals surface area contributed by atoms with Crippen LogP contribution in [-0.4, -0.2) is 42.3 Å². The summed E-state index contributed by atoms with van der Waals surface area (Å²) in [5, 5.41) is 9.95. The molecule has 0 amide bonds. The maximum atomic E-state index is 11.3. The second-order valence-electron chi connectivity index (χ2n) is 5.02. The van der Waals surface area contributed by atoms with E-state index >= 15 is 0 Å². The number of esters is 1. The van der Waals surface area contributed by atoms with Gasteiger partial charge in [0.1, 0.15) is 6.10 Å². The Labute approximate surface area is 107 Å². The summed E-state index contributed by atoms with van der Waals surface area (Å²) in [7, 11) is 0. The number of aliphatic hydroxyl groups is 1. The Morgan fingerprint density at radius 1 is 1.44 bits per heavy atom. The van der Waals surface area contributed by atoms with Crippen LogP contribution in [0.4, 0.5) is 0 Å². The van der Waals surface area contributed by atoms with Gasteiger partial charge in [-0.05, 0) is 19.8 Å². The zero-order valence-electron chi connectivity index (χ0n) is 10.9. The predicted molar refractivity (Wildman–Crippen MR) is 63.9 cm³/mol. The van der Waals surface area contributed by atoms with Crippen LogP contribution >= 0.6 is 0 Å². The quantitative estimate of drug-likeness (QED) is 0.772. The van der Waals surface area contributed by atoms with E-state index in [0.29, 0.717) is 13.2 Å². The van der Waals surface area contributed by atoms with Gasteiger partial charge in [-0.2, -0.15) is 0 Å². The molecule has 0 bridgehead atoms. The summed E-state index contributed by atoms with van der Waals surface area (Å²) in [6, 6.07) is 0. The van der Waals surface area contributed by atoms with Gasteiger partial charge in [-0.25, -0.2) is 0 Å². The van der Waals surface area contributed by atoms with Crippen molar-refractivity contribution in [3.8, 4) is 0 Å². The molecule has 1 aliphatic carbocycles. The van der Waals surface area contributed by atoms with Crippen molar-refractivity contribution in [3.05, 3.63) is 0 Å². The highest BCUT2D eigenvalue weighted by molar-refractivity contribution is 5.70. The first kappa shape index (κ1) is 13.8. The topological polar surface area (TPSA) is 65.0 Å². The monoisotopic (exact) mass is 258 g/mol. The largest absolute Gasteiger partial charge is 0.466 e. The van der Waals surface area contributed by atoms with E-state index in [-0.39, 0.29) is 6.42 Å². The Bertz CT molecular complexity index is 285. The Hall–Kier alpha value is -0.650. The predicted octanol–water partition coefficient (Wildman–Crippen LogP) is 1.38. The fourth-order valence-electron chi connectivity index (χ4n) is 2.64. The zero-order chi connectivity index (χ0) is 13.0. The summed E-state index contributed by atoms with van der Waals surface area (Å²) in [6.07, 6.45) is 3.90. The van der Waals surface area contributed by atoms with Gasteiger partial charge in [0.25, 0.3) is 0 Å². The lowest BCUT2D eigenvalue weighted by Gasteiger charge is -2.32. The van der Waals surface area contributed by atoms with Crippen LogP contribution in [0.5, 0.6) is 0 Å². The van der Waals surface area contributed by atoms with Crippen molar-refractivity contribution in [1.29, 1.82) is 0 Å². The van der Waals surface area contributed by atoms with E-state index in [1.807, 2.05) is 0 Å². The van der Waals surface area contributed by atoms with Crippen molar-refractivity contribution in [2.45, 2.75) is 63.4 Å². The Balaban J connectivity index is 1.82. The molecule has 104 valence electrons. The molecule has 5 nitrogen and oxygen atoms in total. The Morgan fingerprint density at radius 2 is 2.17 bits per heavy atom. The average Bonchev–Trinajstić information content (AvgIpc) is 2.74. The number of hydrogen-bond donors (Lipinski definition) is 1. The SMILES string of the molecule is CCOC(=O)C[C@H](O)[C@H]1COC2(CCCCC2)O1. The van der Waals surface area contributed by atoms with Crippen molar-refractivity contribution in [2.24, 2.45) is 0 Å². The molecule has 0 radical (unpaired) electrons. The number of carbonyl (C=O) groups excluding carboxylic acids is 1. The van der Waals surface area contributed by atoms with Crippen LogP contribution in [0.15, 0.2) is 0 Å². The van der Waals surface area contributed by atoms with Gasteiger partial charge < -0.3 is 19.3 Å². The lowest BCUT2D eigenvalue weighted by atomic mass is 9.94. The Morgan fingerprint density at radius 3 is 2.83 bits per heavy atom. The number of carbonyl (C=O) groups is 1. The molecule has 5 heteroatoms. The van der Waals surface area contributed by atoms with Crippen LogP contribution in [0.25, 0.3) is 0 Å². The van der Waals surface area contributed by atoms with E-state index in [9.17, 15) is 9.90 Å². The lowest BCUT2D eigenvalue weighted by Crippen LogP contribution is -2.36. The molecular weight excluding hydrogens is 236 g/mol. The molecule has 0 aromatic heterocycles. The minimum Gasteiger partial charge on any atom is -0.466 e. The highest BCUT2D eigenvalue weighted by Crippen LogP contribution is 2.38. The molecule has 1 spiro atoms. The standard InChI is InChI=1S/C13H22O5/c1-2-16-12(15)8-10(14)11-9-17-13(18-11)6-4-3-5-7-13/h10-11,14H,2-9H2,1H3/t10-,11+/m0/s1. The van der Waals surface area contributed by atoms with Gasteiger partial charge in [0.15, 0.2) is 5.79 Å². The molecule has 1 saturated heterocycles. The van der Waals surface area contributed by atoms with Crippen molar-refractivity contribution in [1.82, 2.24) is 0 Å². The fraction of sp³-hybridized carbons (Fsp3) is 0.923. The van der Waals surface area contributed by atoms with Crippen LogP contribution < -0.4 is 0 Å². The maximum Gasteiger partial charge on any atom is 0.308 e. The molecule has 1 heterocycles. The fourth-order valence-corrected chi connectivity index (χ4v) is 2.64. The molecule has 2 fully saturated rings. The molecule has 0 aromatic carbocycles. The molecule has 2 aliphatic rings. The maximum absolute atomic E-state index is 11.3. The van der Waals surface area contributed by atoms with Gasteiger partial charge in [0, 0.05) is 12.8 Å². The van der Waals surface area contributed by atoms with Gasteiger partial charge in [0.2, 0.25) is 0 Å². The highest BCUT2D eigenvalue weighted by atomic mass is 16.7. The van der Waals surface area contributed by atoms with Crippen LogP contribution in [-0.2, 0) is 19.0 Å². The van der Waals surface area contributed by atoms with Crippen molar-refractivity contribution < 1.29 is 24.1 Å². The van der Waals surface area contributed by atoms with Gasteiger partial charge in [-0.15, -0.1) is 0 Å². The number of hydrogen-bond acceptors (Lipinski definition) is 5. The minimum atomic E-state index is -0.842. The molecule has 1 saturated carbocycles. The number of aliphatic hydroxyl groups excluding tert-OH is 1. The van der Waals surface area contributed by atoms with Crippen molar-refractivity contribution >= 4 is 5.97 Å². The molecule has 0 unspecified atom stereocenters. The zero-order valence-corrected chi connectivity index (χ0v) is 10.9. The molecule has 2 atom stereocenters. The summed E-state index contributed by atoms with van der Waals surface area (Å²) in [5.74, 6) is -0.892. The first-order valence-corrected chi connectivity index (χ1v) is 6.81. The van der Waals surface area contributed by atoms with Gasteiger partial charge in [0.05, 0.1) is 25.7 Å². The van der Waals surface area contributed by atoms with Crippen LogP contribution in [0, 0.1) is 0 Å². The van der Waals surface area contributed by atoms with E-state index < -0.39 is 24.0 Å². The van der Waals surface area contributed by atoms with Crippen molar-refractivity contribution in [3.63, 3.8) is 0 Å². The number of rotatable bonds is 4. The van der Waals surface area contributed by atoms with Crippen molar-refractivity contribution in [2.75, 3.05) is 13.2 Å². The molecule has 1 aliphatic heterocycles. The minimum absolute atomic E-state index is 0.0298. The highest BCUT2D eigenvalue weighted by Gasteiger charge is 2.44. The number of ether oxygens (including phenoxy) is 3. The third-order valence-corrected chi connectivity index (χ3v) is 3.60. The third kappa shape index (κ3) is 3.22. The summed E-state index contributed by atoms with van der Waals surface area (Å²) in [5.41, 5.74) is 0. The van der Waals surface area contributed by atoms with Gasteiger partial charge in [-0.1, -0.05) is 6.42 Å². The summed E-state index contributed by atoms with van der Waals surface area (Å²) < 4.78 is 16.4. The van der Waals surface area contributed by atoms with E-state index in [2.05, 4.69) is 0 Å². The van der Waals surface area contributed by atoms with Gasteiger partial charge in [-0.3, -0.25) is 4.79 Å². The van der Waals surface area contributed by atoms with Gasteiger partial charge >= 0.3 is 5.97 Å². The van der Waals surface area contributed by atoms with E-state index in [1.54, 1.807) is 6.92 Å². The summed E-state index contributed by atoms with van der Waals surface area (Å²) in [6.45, 7) is 2.44. The summed E-state index contributed by atoms with van der Waals surface area (Å²) in [4.78, 5) is 11.3. The van der Waals surface area contributed by atoms with E-state index in [0.717, 1.165) is 25.7 Å². The lowest BCUT2D eigenvalue weighted by molar-refractivity contribution is -0.196. The average molecular weight is 258 g/mol. The normalized spacial score (nSPS) is 28.2. The summed E-state index contributed by atoms with van der Waals surface area (Å²) >= 11 is 0.